The van der Waals surface area contributed by atoms with Crippen LogP contribution >= 0.6 is 23.1 Å². The van der Waals surface area contributed by atoms with Gasteiger partial charge in [-0.2, -0.15) is 11.8 Å². The lowest BCUT2D eigenvalue weighted by Gasteiger charge is -2.08. The second-order valence-corrected chi connectivity index (χ2v) is 6.01. The fraction of sp³-hybridized carbons (Fsp3) is 0.364. The van der Waals surface area contributed by atoms with Crippen LogP contribution in [0.5, 0.6) is 0 Å². The summed E-state index contributed by atoms with van der Waals surface area (Å²) in [6, 6.07) is 2.07. The van der Waals surface area contributed by atoms with Gasteiger partial charge in [0.15, 0.2) is 0 Å². The Kier molecular flexibility index (Phi) is 3.09. The van der Waals surface area contributed by atoms with Crippen molar-refractivity contribution in [2.45, 2.75) is 12.2 Å². The maximum atomic E-state index is 11.2. The van der Waals surface area contributed by atoms with E-state index in [9.17, 15) is 4.79 Å². The predicted octanol–water partition coefficient (Wildman–Crippen LogP) is 2.37. The molecule has 0 N–H and O–H groups in total. The number of thiophene rings is 1. The quantitative estimate of drug-likeness (QED) is 0.788. The maximum absolute atomic E-state index is 11.2. The number of rotatable bonds is 2. The van der Waals surface area contributed by atoms with Crippen LogP contribution in [0, 0.1) is 0 Å². The standard InChI is InChI=1S/C11H10N2O3S2/c1-15-11(14)10-13-12-9(16-10)8-4-6-5-17-3-2-7(6)18-8/h4H,2-3,5H2,1H3. The van der Waals surface area contributed by atoms with Gasteiger partial charge in [0.1, 0.15) is 0 Å². The molecule has 0 bridgehead atoms. The first-order valence-corrected chi connectivity index (χ1v) is 7.36. The van der Waals surface area contributed by atoms with Gasteiger partial charge < -0.3 is 9.15 Å². The van der Waals surface area contributed by atoms with Gasteiger partial charge >= 0.3 is 11.9 Å². The molecule has 3 rings (SSSR count). The number of thioether (sulfide) groups is 1. The molecule has 0 fully saturated rings. The van der Waals surface area contributed by atoms with Gasteiger partial charge in [-0.25, -0.2) is 4.79 Å². The minimum Gasteiger partial charge on any atom is -0.462 e. The highest BCUT2D eigenvalue weighted by Crippen LogP contribution is 2.36. The zero-order chi connectivity index (χ0) is 12.5. The molecule has 5 nitrogen and oxygen atoms in total. The van der Waals surface area contributed by atoms with Crippen molar-refractivity contribution < 1.29 is 13.9 Å². The summed E-state index contributed by atoms with van der Waals surface area (Å²) in [6.07, 6.45) is 1.09. The second-order valence-electron chi connectivity index (χ2n) is 3.77. The monoisotopic (exact) mass is 282 g/mol. The molecule has 0 aromatic carbocycles. The molecule has 0 radical (unpaired) electrons. The highest BCUT2D eigenvalue weighted by Gasteiger charge is 2.20. The number of aromatic nitrogens is 2. The van der Waals surface area contributed by atoms with E-state index in [-0.39, 0.29) is 5.89 Å². The van der Waals surface area contributed by atoms with Crippen molar-refractivity contribution in [3.63, 3.8) is 0 Å². The molecular formula is C11H10N2O3S2. The molecule has 0 unspecified atom stereocenters. The molecule has 0 spiro atoms. The summed E-state index contributed by atoms with van der Waals surface area (Å²) in [5.41, 5.74) is 1.34. The molecule has 0 saturated carbocycles. The van der Waals surface area contributed by atoms with Crippen LogP contribution in [0.1, 0.15) is 21.1 Å². The summed E-state index contributed by atoms with van der Waals surface area (Å²) in [6.45, 7) is 0. The van der Waals surface area contributed by atoms with Gasteiger partial charge in [0, 0.05) is 10.6 Å². The smallest absolute Gasteiger partial charge is 0.396 e. The first-order valence-electron chi connectivity index (χ1n) is 5.39. The Labute approximate surface area is 112 Å². The lowest BCUT2D eigenvalue weighted by molar-refractivity contribution is 0.0557. The second kappa shape index (κ2) is 4.74. The molecule has 0 amide bonds. The summed E-state index contributed by atoms with van der Waals surface area (Å²) in [5, 5.41) is 7.56. The van der Waals surface area contributed by atoms with E-state index in [0.29, 0.717) is 5.89 Å². The number of carbonyl (C=O) groups excluding carboxylic acids is 1. The lowest BCUT2D eigenvalue weighted by Crippen LogP contribution is -2.00. The molecule has 1 aliphatic rings. The molecule has 18 heavy (non-hydrogen) atoms. The van der Waals surface area contributed by atoms with Crippen LogP contribution in [-0.4, -0.2) is 29.0 Å². The van der Waals surface area contributed by atoms with Crippen molar-refractivity contribution in [3.8, 4) is 10.8 Å². The number of carbonyl (C=O) groups is 1. The lowest BCUT2D eigenvalue weighted by atomic mass is 10.2. The minimum absolute atomic E-state index is 0.103. The number of fused-ring (bicyclic) bond motifs is 1. The molecular weight excluding hydrogens is 272 g/mol. The molecule has 2 aromatic rings. The van der Waals surface area contributed by atoms with Crippen molar-refractivity contribution >= 4 is 29.1 Å². The summed E-state index contributed by atoms with van der Waals surface area (Å²) in [5.74, 6) is 1.87. The molecule has 2 aromatic heterocycles. The number of nitrogens with zero attached hydrogens (tertiary/aromatic N) is 2. The highest BCUT2D eigenvalue weighted by molar-refractivity contribution is 7.98. The van der Waals surface area contributed by atoms with Crippen molar-refractivity contribution in [1.29, 1.82) is 0 Å². The Morgan fingerprint density at radius 2 is 2.39 bits per heavy atom. The number of esters is 1. The third-order valence-corrected chi connectivity index (χ3v) is 4.86. The Bertz CT molecular complexity index is 567. The predicted molar refractivity (Wildman–Crippen MR) is 68.8 cm³/mol. The largest absolute Gasteiger partial charge is 0.462 e. The Hall–Kier alpha value is -1.34. The van der Waals surface area contributed by atoms with E-state index in [2.05, 4.69) is 21.0 Å². The first kappa shape index (κ1) is 11.7. The maximum Gasteiger partial charge on any atom is 0.396 e. The van der Waals surface area contributed by atoms with Gasteiger partial charge in [0.05, 0.1) is 12.0 Å². The number of ether oxygens (including phenoxy) is 1. The zero-order valence-electron chi connectivity index (χ0n) is 9.63. The van der Waals surface area contributed by atoms with Gasteiger partial charge in [-0.3, -0.25) is 0 Å². The summed E-state index contributed by atoms with van der Waals surface area (Å²) < 4.78 is 9.84. The summed E-state index contributed by atoms with van der Waals surface area (Å²) in [4.78, 5) is 13.5. The summed E-state index contributed by atoms with van der Waals surface area (Å²) in [7, 11) is 1.28. The van der Waals surface area contributed by atoms with Gasteiger partial charge in [0.25, 0.3) is 5.89 Å². The average Bonchev–Trinajstić information content (AvgIpc) is 3.03. The molecule has 0 aliphatic carbocycles. The molecule has 0 saturated heterocycles. The van der Waals surface area contributed by atoms with Gasteiger partial charge in [-0.05, 0) is 23.8 Å². The van der Waals surface area contributed by atoms with E-state index >= 15 is 0 Å². The van der Waals surface area contributed by atoms with E-state index in [1.807, 2.05) is 11.8 Å². The fourth-order valence-corrected chi connectivity index (χ4v) is 4.04. The van der Waals surface area contributed by atoms with Crippen molar-refractivity contribution in [1.82, 2.24) is 10.2 Å². The van der Waals surface area contributed by atoms with Crippen molar-refractivity contribution in [2.24, 2.45) is 0 Å². The van der Waals surface area contributed by atoms with Crippen LogP contribution in [-0.2, 0) is 16.9 Å². The fourth-order valence-electron chi connectivity index (χ4n) is 1.75. The third-order valence-electron chi connectivity index (χ3n) is 2.62. The Morgan fingerprint density at radius 3 is 3.17 bits per heavy atom. The highest BCUT2D eigenvalue weighted by atomic mass is 32.2. The Balaban J connectivity index is 1.92. The third kappa shape index (κ3) is 2.04. The SMILES string of the molecule is COC(=O)c1nnc(-c2cc3c(s2)CCSC3)o1. The van der Waals surface area contributed by atoms with Crippen molar-refractivity contribution in [2.75, 3.05) is 12.9 Å². The molecule has 1 aliphatic heterocycles. The normalized spacial score (nSPS) is 14.3. The number of hydrogen-bond acceptors (Lipinski definition) is 7. The van der Waals surface area contributed by atoms with Crippen LogP contribution in [0.3, 0.4) is 0 Å². The minimum atomic E-state index is -0.606. The number of aryl methyl sites for hydroxylation is 1. The summed E-state index contributed by atoms with van der Waals surface area (Å²) >= 11 is 3.59. The Morgan fingerprint density at radius 1 is 1.50 bits per heavy atom. The van der Waals surface area contributed by atoms with Gasteiger partial charge in [0.2, 0.25) is 0 Å². The van der Waals surface area contributed by atoms with Crippen LogP contribution < -0.4 is 0 Å². The number of methoxy groups -OCH3 is 1. The topological polar surface area (TPSA) is 65.2 Å². The van der Waals surface area contributed by atoms with Crippen LogP contribution in [0.4, 0.5) is 0 Å². The van der Waals surface area contributed by atoms with E-state index in [0.717, 1.165) is 22.8 Å². The van der Waals surface area contributed by atoms with Crippen LogP contribution in [0.2, 0.25) is 0 Å². The van der Waals surface area contributed by atoms with Gasteiger partial charge in [-0.15, -0.1) is 21.5 Å². The number of hydrogen-bond donors (Lipinski definition) is 0. The zero-order valence-corrected chi connectivity index (χ0v) is 11.3. The molecule has 0 atom stereocenters. The van der Waals surface area contributed by atoms with E-state index in [1.165, 1.54) is 17.6 Å². The first-order chi connectivity index (χ1) is 8.78. The van der Waals surface area contributed by atoms with Crippen LogP contribution in [0.25, 0.3) is 10.8 Å². The van der Waals surface area contributed by atoms with E-state index < -0.39 is 5.97 Å². The molecule has 7 heteroatoms. The van der Waals surface area contributed by atoms with Gasteiger partial charge in [-0.1, -0.05) is 0 Å². The van der Waals surface area contributed by atoms with Crippen molar-refractivity contribution in [3.05, 3.63) is 22.4 Å². The molecule has 3 heterocycles. The van der Waals surface area contributed by atoms with E-state index in [1.54, 1.807) is 11.3 Å². The molecule has 94 valence electrons. The average molecular weight is 282 g/mol. The van der Waals surface area contributed by atoms with E-state index in [4.69, 9.17) is 4.42 Å². The van der Waals surface area contributed by atoms with Crippen LogP contribution in [0.15, 0.2) is 10.5 Å².